The molecule has 0 aliphatic carbocycles. The lowest BCUT2D eigenvalue weighted by Crippen LogP contribution is -2.44. The third-order valence-electron chi connectivity index (χ3n) is 6.58. The zero-order valence-corrected chi connectivity index (χ0v) is 22.5. The first-order valence-electron chi connectivity index (χ1n) is 12.7. The van der Waals surface area contributed by atoms with Gasteiger partial charge in [-0.3, -0.25) is 13.9 Å². The highest BCUT2D eigenvalue weighted by atomic mass is 16.2. The van der Waals surface area contributed by atoms with Crippen molar-refractivity contribution in [2.75, 3.05) is 25.0 Å². The van der Waals surface area contributed by atoms with Crippen molar-refractivity contribution in [2.45, 2.75) is 47.7 Å². The van der Waals surface area contributed by atoms with E-state index in [9.17, 15) is 14.4 Å². The van der Waals surface area contributed by atoms with E-state index in [1.54, 1.807) is 35.9 Å². The summed E-state index contributed by atoms with van der Waals surface area (Å²) in [6.45, 7) is 18.7. The molecular weight excluding hydrogens is 518 g/mol. The normalized spacial score (nSPS) is 13.6. The highest BCUT2D eigenvalue weighted by Gasteiger charge is 2.21. The second-order valence-corrected chi connectivity index (χ2v) is 9.38. The maximum Gasteiger partial charge on any atom is 0.332 e. The van der Waals surface area contributed by atoms with Gasteiger partial charge in [-0.25, -0.2) is 19.3 Å². The summed E-state index contributed by atoms with van der Waals surface area (Å²) in [6, 6.07) is 15.8. The second-order valence-electron chi connectivity index (χ2n) is 9.38. The van der Waals surface area contributed by atoms with Crippen molar-refractivity contribution >= 4 is 23.2 Å². The number of amides is 2. The zero-order valence-electron chi connectivity index (χ0n) is 22.5. The van der Waals surface area contributed by atoms with Crippen LogP contribution in [0.1, 0.15) is 45.7 Å². The lowest BCUT2D eigenvalue weighted by Gasteiger charge is -2.34. The van der Waals surface area contributed by atoms with Gasteiger partial charge in [0.1, 0.15) is 5.82 Å². The third kappa shape index (κ3) is 8.84. The Bertz CT molecular complexity index is 1510. The van der Waals surface area contributed by atoms with Crippen LogP contribution in [0.25, 0.3) is 9.69 Å². The molecule has 0 bridgehead atoms. The van der Waals surface area contributed by atoms with Gasteiger partial charge < -0.3 is 15.5 Å². The fourth-order valence-corrected chi connectivity index (χ4v) is 4.42. The standard InChI is InChI=1S/C19H22N4O2.C10H11N3O.2CH4/c1-14-7-6-10-22(12-14)17-11-18(24)21(3)19(25)23(17)13-15-8-4-5-9-16(15)20-2;1-11-9-6-4-3-5-8(9)7-13-10(14)12-2;;/h4-5,8-9,11,14H,6-7,10,12-13H2,1,3H3;3-6H,7H2,2H3,(H2,12,13,14);2*1H4/t14-;;;/m1.../s1. The molecule has 1 fully saturated rings. The summed E-state index contributed by atoms with van der Waals surface area (Å²) in [5.74, 6) is 1.18. The van der Waals surface area contributed by atoms with E-state index in [0.29, 0.717) is 29.7 Å². The van der Waals surface area contributed by atoms with Crippen LogP contribution >= 0.6 is 0 Å². The Balaban J connectivity index is 0.000000452. The molecule has 1 atom stereocenters. The Morgan fingerprint density at radius 3 is 2.17 bits per heavy atom. The number of hydrogen-bond acceptors (Lipinski definition) is 4. The highest BCUT2D eigenvalue weighted by molar-refractivity contribution is 5.73. The molecule has 3 aromatic rings. The smallest absolute Gasteiger partial charge is 0.332 e. The number of anilines is 1. The van der Waals surface area contributed by atoms with E-state index >= 15 is 0 Å². The minimum atomic E-state index is -0.347. The van der Waals surface area contributed by atoms with E-state index in [0.717, 1.165) is 41.6 Å². The van der Waals surface area contributed by atoms with Gasteiger partial charge in [0.25, 0.3) is 5.56 Å². The number of carbonyl (C=O) groups excluding carboxylic acids is 1. The quantitative estimate of drug-likeness (QED) is 0.414. The van der Waals surface area contributed by atoms with Crippen molar-refractivity contribution in [2.24, 2.45) is 13.0 Å². The topological polar surface area (TPSA) is 97.1 Å². The first-order valence-corrected chi connectivity index (χ1v) is 12.7. The molecule has 1 aliphatic rings. The number of rotatable bonds is 5. The molecule has 4 rings (SSSR count). The molecule has 0 radical (unpaired) electrons. The summed E-state index contributed by atoms with van der Waals surface area (Å²) in [4.78, 5) is 44.9. The number of piperidine rings is 1. The van der Waals surface area contributed by atoms with Crippen LogP contribution in [-0.4, -0.2) is 35.3 Å². The number of aromatic nitrogens is 2. The molecule has 10 nitrogen and oxygen atoms in total. The second kappa shape index (κ2) is 16.3. The van der Waals surface area contributed by atoms with Gasteiger partial charge in [-0.1, -0.05) is 70.3 Å². The van der Waals surface area contributed by atoms with Gasteiger partial charge in [-0.2, -0.15) is 0 Å². The van der Waals surface area contributed by atoms with Gasteiger partial charge in [0.05, 0.1) is 13.1 Å². The van der Waals surface area contributed by atoms with E-state index in [2.05, 4.69) is 32.1 Å². The summed E-state index contributed by atoms with van der Waals surface area (Å²) in [6.07, 6.45) is 2.20. The fraction of sp³-hybridized carbons (Fsp3) is 0.387. The number of urea groups is 1. The van der Waals surface area contributed by atoms with E-state index in [4.69, 9.17) is 13.1 Å². The van der Waals surface area contributed by atoms with E-state index in [-0.39, 0.29) is 38.7 Å². The molecule has 2 aromatic carbocycles. The number of carbonyl (C=O) groups is 1. The monoisotopic (exact) mass is 559 g/mol. The summed E-state index contributed by atoms with van der Waals surface area (Å²) < 4.78 is 2.74. The Hall–Kier alpha value is -4.83. The van der Waals surface area contributed by atoms with Crippen LogP contribution in [0.3, 0.4) is 0 Å². The molecular formula is C31H41N7O3. The summed E-state index contributed by atoms with van der Waals surface area (Å²) in [7, 11) is 3.04. The lowest BCUT2D eigenvalue weighted by molar-refractivity contribution is 0.242. The van der Waals surface area contributed by atoms with Gasteiger partial charge in [0.2, 0.25) is 0 Å². The van der Waals surface area contributed by atoms with Crippen LogP contribution in [0, 0.1) is 19.1 Å². The van der Waals surface area contributed by atoms with Crippen LogP contribution in [0.4, 0.5) is 22.0 Å². The van der Waals surface area contributed by atoms with Gasteiger partial charge in [0, 0.05) is 46.3 Å². The zero-order chi connectivity index (χ0) is 28.4. The minimum absolute atomic E-state index is 0. The van der Waals surface area contributed by atoms with Crippen molar-refractivity contribution in [3.8, 4) is 0 Å². The number of nitrogens with zero attached hydrogens (tertiary/aromatic N) is 5. The van der Waals surface area contributed by atoms with E-state index in [1.165, 1.54) is 7.05 Å². The first kappa shape index (κ1) is 34.2. The van der Waals surface area contributed by atoms with Crippen LogP contribution < -0.4 is 26.8 Å². The van der Waals surface area contributed by atoms with Gasteiger partial charge in [-0.05, 0) is 29.9 Å². The minimum Gasteiger partial charge on any atom is -0.357 e. The Morgan fingerprint density at radius 1 is 1.00 bits per heavy atom. The molecule has 41 heavy (non-hydrogen) atoms. The van der Waals surface area contributed by atoms with E-state index in [1.807, 2.05) is 30.3 Å². The number of hydrogen-bond donors (Lipinski definition) is 2. The average molecular weight is 560 g/mol. The van der Waals surface area contributed by atoms with Crippen LogP contribution in [0.5, 0.6) is 0 Å². The first-order chi connectivity index (χ1) is 18.8. The Morgan fingerprint density at radius 2 is 1.59 bits per heavy atom. The van der Waals surface area contributed by atoms with Gasteiger partial charge >= 0.3 is 11.7 Å². The predicted molar refractivity (Wildman–Crippen MR) is 166 cm³/mol. The molecule has 0 saturated carbocycles. The highest BCUT2D eigenvalue weighted by Crippen LogP contribution is 2.24. The third-order valence-corrected chi connectivity index (χ3v) is 6.58. The molecule has 0 spiro atoms. The van der Waals surface area contributed by atoms with Crippen LogP contribution in [0.15, 0.2) is 64.2 Å². The Kier molecular flexibility index (Phi) is 13.6. The molecule has 1 aromatic heterocycles. The van der Waals surface area contributed by atoms with Crippen molar-refractivity contribution < 1.29 is 4.79 Å². The molecule has 1 saturated heterocycles. The molecule has 0 unspecified atom stereocenters. The predicted octanol–water partition coefficient (Wildman–Crippen LogP) is 5.32. The molecule has 10 heteroatoms. The van der Waals surface area contributed by atoms with Crippen LogP contribution in [0.2, 0.25) is 0 Å². The average Bonchev–Trinajstić information content (AvgIpc) is 2.96. The lowest BCUT2D eigenvalue weighted by atomic mass is 10.0. The van der Waals surface area contributed by atoms with E-state index < -0.39 is 0 Å². The van der Waals surface area contributed by atoms with Crippen molar-refractivity contribution in [1.82, 2.24) is 19.8 Å². The molecule has 2 heterocycles. The molecule has 1 aliphatic heterocycles. The summed E-state index contributed by atoms with van der Waals surface area (Å²) in [5, 5.41) is 5.08. The van der Waals surface area contributed by atoms with Crippen molar-refractivity contribution in [3.05, 3.63) is 109 Å². The summed E-state index contributed by atoms with van der Waals surface area (Å²) in [5.41, 5.74) is 2.06. The number of nitrogens with one attached hydrogen (secondary N) is 2. The number of benzene rings is 2. The largest absolute Gasteiger partial charge is 0.357 e. The van der Waals surface area contributed by atoms with Gasteiger partial charge in [0.15, 0.2) is 11.4 Å². The van der Waals surface area contributed by atoms with Gasteiger partial charge in [-0.15, -0.1) is 0 Å². The van der Waals surface area contributed by atoms with Crippen LogP contribution in [-0.2, 0) is 20.1 Å². The molecule has 2 amide bonds. The maximum atomic E-state index is 12.8. The van der Waals surface area contributed by atoms with Crippen molar-refractivity contribution in [3.63, 3.8) is 0 Å². The number of para-hydroxylation sites is 2. The van der Waals surface area contributed by atoms with Crippen molar-refractivity contribution in [1.29, 1.82) is 0 Å². The SMILES string of the molecule is C.C.[C-]#[N+]c1ccccc1CNC(=O)NC.[C-]#[N+]c1ccccc1Cn1c(N2CCC[C@@H](C)C2)cc(=O)n(C)c1=O. The molecule has 218 valence electrons. The Labute approximate surface area is 242 Å². The summed E-state index contributed by atoms with van der Waals surface area (Å²) >= 11 is 0. The molecule has 2 N–H and O–H groups in total. The fourth-order valence-electron chi connectivity index (χ4n) is 4.42. The maximum absolute atomic E-state index is 12.8.